The fraction of sp³-hybridized carbons (Fsp3) is 0.677. The molecule has 1 aliphatic rings. The number of ketones is 1. The van der Waals surface area contributed by atoms with Gasteiger partial charge in [0.05, 0.1) is 25.2 Å². The van der Waals surface area contributed by atoms with Crippen molar-refractivity contribution in [1.82, 2.24) is 5.48 Å². The van der Waals surface area contributed by atoms with Crippen LogP contribution in [0.3, 0.4) is 0 Å². The first-order valence-corrected chi connectivity index (χ1v) is 16.7. The van der Waals surface area contributed by atoms with E-state index in [0.29, 0.717) is 22.1 Å². The number of Topliss-reactive ketones (excluding diaryl/α,β-unsaturated/α-hetero) is 1. The topological polar surface area (TPSA) is 126 Å². The van der Waals surface area contributed by atoms with Crippen molar-refractivity contribution in [2.45, 2.75) is 103 Å². The van der Waals surface area contributed by atoms with Crippen LogP contribution < -0.4 is 11.2 Å². The SMILES string of the molecule is CONC(=O)C1(C(C)(C)SC(=S)SCCOC(C)(N)C(=O)[C@@H](C)OC(=O)[C@H](C)OC(C)C)CC(C)(Cc2ccccc2)C1. The lowest BCUT2D eigenvalue weighted by atomic mass is 9.47. The van der Waals surface area contributed by atoms with Crippen molar-refractivity contribution in [3.05, 3.63) is 35.9 Å². The minimum Gasteiger partial charge on any atom is -0.453 e. The number of thioether (sulfide) groups is 2. The van der Waals surface area contributed by atoms with Crippen molar-refractivity contribution in [1.29, 1.82) is 0 Å². The maximum atomic E-state index is 13.4. The molecule has 3 atom stereocenters. The summed E-state index contributed by atoms with van der Waals surface area (Å²) in [6.45, 7) is 14.5. The van der Waals surface area contributed by atoms with Gasteiger partial charge in [0, 0.05) is 10.5 Å². The first-order chi connectivity index (χ1) is 19.9. The molecular weight excluding hydrogens is 609 g/mol. The number of carbonyl (C=O) groups is 3. The molecule has 0 heterocycles. The summed E-state index contributed by atoms with van der Waals surface area (Å²) in [6.07, 6.45) is 0.197. The summed E-state index contributed by atoms with van der Waals surface area (Å²) in [5.41, 5.74) is 7.60. The average molecular weight is 657 g/mol. The summed E-state index contributed by atoms with van der Waals surface area (Å²) in [5.74, 6) is -0.908. The Labute approximate surface area is 270 Å². The van der Waals surface area contributed by atoms with Crippen LogP contribution >= 0.6 is 35.7 Å². The molecule has 2 rings (SSSR count). The Morgan fingerprint density at radius 2 is 1.67 bits per heavy atom. The van der Waals surface area contributed by atoms with Crippen molar-refractivity contribution in [2.75, 3.05) is 19.5 Å². The van der Waals surface area contributed by atoms with E-state index >= 15 is 0 Å². The number of thiocarbonyl (C=S) groups is 1. The Bertz CT molecular complexity index is 1120. The zero-order valence-electron chi connectivity index (χ0n) is 26.8. The molecule has 1 amide bonds. The average Bonchev–Trinajstić information content (AvgIpc) is 2.88. The van der Waals surface area contributed by atoms with Gasteiger partial charge >= 0.3 is 5.97 Å². The number of carbonyl (C=O) groups excluding carboxylic acids is 3. The Balaban J connectivity index is 1.92. The molecule has 0 bridgehead atoms. The van der Waals surface area contributed by atoms with Crippen molar-refractivity contribution in [3.8, 4) is 0 Å². The summed E-state index contributed by atoms with van der Waals surface area (Å²) in [6, 6.07) is 10.3. The molecular formula is C31H48N2O7S3. The van der Waals surface area contributed by atoms with Crippen LogP contribution in [0.15, 0.2) is 30.3 Å². The van der Waals surface area contributed by atoms with E-state index in [4.69, 9.17) is 37.0 Å². The largest absolute Gasteiger partial charge is 0.453 e. The normalized spacial score (nSPS) is 23.0. The number of hydrogen-bond donors (Lipinski definition) is 2. The predicted molar refractivity (Wildman–Crippen MR) is 177 cm³/mol. The number of nitrogens with two attached hydrogens (primary N) is 1. The van der Waals surface area contributed by atoms with E-state index < -0.39 is 39.8 Å². The van der Waals surface area contributed by atoms with Gasteiger partial charge < -0.3 is 14.2 Å². The molecule has 0 spiro atoms. The molecule has 43 heavy (non-hydrogen) atoms. The molecule has 0 radical (unpaired) electrons. The highest BCUT2D eigenvalue weighted by molar-refractivity contribution is 8.47. The molecule has 1 aromatic carbocycles. The van der Waals surface area contributed by atoms with E-state index in [0.717, 1.165) is 6.42 Å². The Morgan fingerprint density at radius 1 is 1.07 bits per heavy atom. The molecule has 9 nitrogen and oxygen atoms in total. The lowest BCUT2D eigenvalue weighted by molar-refractivity contribution is -0.172. The standard InChI is InChI=1S/C31H48N2O7S3/c1-20(2)39-22(4)25(35)40-21(3)24(34)30(8,32)38-15-16-42-27(41)43-28(5,6)31(26(36)33-37-9)18-29(7,19-31)17-23-13-11-10-12-14-23/h10-14,20-22H,15-19,32H2,1-9H3,(H,33,36)/t21-,22+,29?,30?,31?/m1/s1. The monoisotopic (exact) mass is 656 g/mol. The van der Waals surface area contributed by atoms with Crippen LogP contribution in [-0.4, -0.2) is 69.4 Å². The van der Waals surface area contributed by atoms with E-state index in [1.165, 1.54) is 50.0 Å². The summed E-state index contributed by atoms with van der Waals surface area (Å²) >= 11 is 8.58. The number of rotatable bonds is 16. The van der Waals surface area contributed by atoms with Gasteiger partial charge in [-0.15, -0.1) is 23.5 Å². The van der Waals surface area contributed by atoms with Gasteiger partial charge in [-0.3, -0.25) is 20.2 Å². The number of amides is 1. The number of ether oxygens (including phenoxy) is 3. The number of nitrogens with one attached hydrogen (secondary N) is 1. The lowest BCUT2D eigenvalue weighted by Crippen LogP contribution is -2.63. The van der Waals surface area contributed by atoms with E-state index in [1.54, 1.807) is 20.8 Å². The molecule has 0 aliphatic heterocycles. The Morgan fingerprint density at radius 3 is 2.23 bits per heavy atom. The van der Waals surface area contributed by atoms with Crippen molar-refractivity contribution in [3.63, 3.8) is 0 Å². The third kappa shape index (κ3) is 10.2. The summed E-state index contributed by atoms with van der Waals surface area (Å²) in [4.78, 5) is 43.5. The van der Waals surface area contributed by atoms with Gasteiger partial charge in [-0.25, -0.2) is 10.3 Å². The molecule has 1 aliphatic carbocycles. The summed E-state index contributed by atoms with van der Waals surface area (Å²) in [7, 11) is 1.44. The maximum absolute atomic E-state index is 13.4. The molecule has 1 fully saturated rings. The van der Waals surface area contributed by atoms with E-state index in [2.05, 4.69) is 24.5 Å². The van der Waals surface area contributed by atoms with E-state index in [9.17, 15) is 14.4 Å². The minimum atomic E-state index is -1.66. The maximum Gasteiger partial charge on any atom is 0.335 e. The highest BCUT2D eigenvalue weighted by atomic mass is 32.2. The van der Waals surface area contributed by atoms with Gasteiger partial charge in [0.1, 0.15) is 3.53 Å². The lowest BCUT2D eigenvalue weighted by Gasteiger charge is -2.60. The number of benzene rings is 1. The molecule has 0 aromatic heterocycles. The van der Waals surface area contributed by atoms with Gasteiger partial charge in [-0.1, -0.05) is 49.5 Å². The van der Waals surface area contributed by atoms with Crippen LogP contribution in [0.2, 0.25) is 0 Å². The second-order valence-electron chi connectivity index (χ2n) is 12.5. The van der Waals surface area contributed by atoms with Gasteiger partial charge in [0.2, 0.25) is 5.78 Å². The molecule has 1 saturated carbocycles. The zero-order chi connectivity index (χ0) is 32.6. The van der Waals surface area contributed by atoms with Crippen LogP contribution in [0.1, 0.15) is 73.8 Å². The first-order valence-electron chi connectivity index (χ1n) is 14.4. The molecule has 1 aromatic rings. The number of esters is 1. The van der Waals surface area contributed by atoms with Crippen molar-refractivity contribution >= 4 is 56.9 Å². The second-order valence-corrected chi connectivity index (χ2v) is 16.4. The van der Waals surface area contributed by atoms with Crippen molar-refractivity contribution < 1.29 is 33.4 Å². The zero-order valence-corrected chi connectivity index (χ0v) is 29.3. The van der Waals surface area contributed by atoms with E-state index in [1.807, 2.05) is 32.0 Å². The van der Waals surface area contributed by atoms with E-state index in [-0.39, 0.29) is 24.0 Å². The molecule has 242 valence electrons. The summed E-state index contributed by atoms with van der Waals surface area (Å²) < 4.78 is 16.5. The van der Waals surface area contributed by atoms with Gasteiger partial charge in [0.25, 0.3) is 5.91 Å². The van der Waals surface area contributed by atoms with Crippen LogP contribution in [0, 0.1) is 10.8 Å². The number of hydroxylamine groups is 1. The third-order valence-corrected chi connectivity index (χ3v) is 10.6. The van der Waals surface area contributed by atoms with Gasteiger partial charge in [-0.05, 0) is 78.7 Å². The summed E-state index contributed by atoms with van der Waals surface area (Å²) in [5, 5.41) is 0. The van der Waals surface area contributed by atoms with Crippen molar-refractivity contribution in [2.24, 2.45) is 16.6 Å². The number of hydrogen-bond acceptors (Lipinski definition) is 11. The predicted octanol–water partition coefficient (Wildman–Crippen LogP) is 5.23. The van der Waals surface area contributed by atoms with Crippen LogP contribution in [-0.2, 0) is 39.9 Å². The Hall–Kier alpha value is -1.54. The molecule has 12 heteroatoms. The molecule has 1 unspecified atom stereocenters. The minimum absolute atomic E-state index is 0.0318. The quantitative estimate of drug-likeness (QED) is 0.0799. The second kappa shape index (κ2) is 15.6. The fourth-order valence-electron chi connectivity index (χ4n) is 5.65. The van der Waals surface area contributed by atoms with Gasteiger partial charge in [-0.2, -0.15) is 0 Å². The Kier molecular flexibility index (Phi) is 13.7. The van der Waals surface area contributed by atoms with Crippen LogP contribution in [0.4, 0.5) is 0 Å². The van der Waals surface area contributed by atoms with Crippen LogP contribution in [0.25, 0.3) is 0 Å². The molecule has 3 N–H and O–H groups in total. The first kappa shape index (κ1) is 37.6. The molecule has 0 saturated heterocycles. The third-order valence-electron chi connectivity index (χ3n) is 7.72. The fourth-order valence-corrected chi connectivity index (χ4v) is 8.81. The van der Waals surface area contributed by atoms with Gasteiger partial charge in [0.15, 0.2) is 17.9 Å². The smallest absolute Gasteiger partial charge is 0.335 e. The highest BCUT2D eigenvalue weighted by Crippen LogP contribution is 2.64. The van der Waals surface area contributed by atoms with Crippen LogP contribution in [0.5, 0.6) is 0 Å². The highest BCUT2D eigenvalue weighted by Gasteiger charge is 2.64.